The summed E-state index contributed by atoms with van der Waals surface area (Å²) in [6.45, 7) is 0.242. The summed E-state index contributed by atoms with van der Waals surface area (Å²) in [5.41, 5.74) is 9.51. The molecule has 1 unspecified atom stereocenters. The standard InChI is InChI=1S/C26H24N4O5/c27-18-5-3-4-17(12-18)14-33-25(31)23-19(9-7-16-8-10-21-22(13-16)35-15-34-21)29-26(32)30-24(23)20-6-1-2-11-28-20/h1-6,8,10-13,24H,7,9,14-15,27H2,(H2,29,30,32). The lowest BCUT2D eigenvalue weighted by atomic mass is 9.95. The van der Waals surface area contributed by atoms with E-state index < -0.39 is 18.0 Å². The van der Waals surface area contributed by atoms with E-state index in [2.05, 4.69) is 15.6 Å². The quantitative estimate of drug-likeness (QED) is 0.356. The number of amides is 2. The first-order valence-electron chi connectivity index (χ1n) is 11.2. The number of nitrogens with one attached hydrogen (secondary N) is 2. The lowest BCUT2D eigenvalue weighted by Crippen LogP contribution is -2.46. The van der Waals surface area contributed by atoms with Crippen molar-refractivity contribution in [1.29, 1.82) is 0 Å². The number of nitrogens with zero attached hydrogens (tertiary/aromatic N) is 1. The summed E-state index contributed by atoms with van der Waals surface area (Å²) in [6, 6.07) is 17.0. The van der Waals surface area contributed by atoms with E-state index >= 15 is 0 Å². The lowest BCUT2D eigenvalue weighted by Gasteiger charge is -2.29. The zero-order valence-electron chi connectivity index (χ0n) is 18.8. The number of allylic oxidation sites excluding steroid dienone is 1. The number of carbonyl (C=O) groups is 2. The van der Waals surface area contributed by atoms with Crippen LogP contribution in [0.25, 0.3) is 0 Å². The number of pyridine rings is 1. The minimum atomic E-state index is -0.745. The molecular formula is C26H24N4O5. The fourth-order valence-electron chi connectivity index (χ4n) is 4.10. The summed E-state index contributed by atoms with van der Waals surface area (Å²) in [5.74, 6) is 0.833. The molecule has 0 bridgehead atoms. The van der Waals surface area contributed by atoms with Crippen LogP contribution in [-0.2, 0) is 22.6 Å². The van der Waals surface area contributed by atoms with Gasteiger partial charge in [-0.3, -0.25) is 4.98 Å². The van der Waals surface area contributed by atoms with Gasteiger partial charge in [-0.2, -0.15) is 0 Å². The van der Waals surface area contributed by atoms with Gasteiger partial charge in [-0.1, -0.05) is 24.3 Å². The number of nitrogens with two attached hydrogens (primary N) is 1. The van der Waals surface area contributed by atoms with E-state index in [1.807, 2.05) is 24.3 Å². The minimum Gasteiger partial charge on any atom is -0.457 e. The molecule has 1 atom stereocenters. The highest BCUT2D eigenvalue weighted by Crippen LogP contribution is 2.34. The Morgan fingerprint density at radius 2 is 1.91 bits per heavy atom. The highest BCUT2D eigenvalue weighted by atomic mass is 16.7. The molecule has 2 aliphatic heterocycles. The Balaban J connectivity index is 1.43. The van der Waals surface area contributed by atoms with E-state index in [-0.39, 0.29) is 13.4 Å². The number of urea groups is 1. The summed E-state index contributed by atoms with van der Waals surface area (Å²) in [6.07, 6.45) is 2.58. The van der Waals surface area contributed by atoms with Crippen molar-refractivity contribution in [2.75, 3.05) is 12.5 Å². The Morgan fingerprint density at radius 1 is 1.03 bits per heavy atom. The van der Waals surface area contributed by atoms with Crippen molar-refractivity contribution in [3.05, 3.63) is 95.0 Å². The minimum absolute atomic E-state index is 0.0473. The van der Waals surface area contributed by atoms with Gasteiger partial charge in [-0.15, -0.1) is 0 Å². The summed E-state index contributed by atoms with van der Waals surface area (Å²) in [4.78, 5) is 30.2. The smallest absolute Gasteiger partial charge is 0.338 e. The third kappa shape index (κ3) is 5.03. The Bertz CT molecular complexity index is 1290. The van der Waals surface area contributed by atoms with Gasteiger partial charge in [0.15, 0.2) is 11.5 Å². The highest BCUT2D eigenvalue weighted by Gasteiger charge is 2.34. The average Bonchev–Trinajstić information content (AvgIpc) is 3.34. The monoisotopic (exact) mass is 472 g/mol. The molecule has 0 fully saturated rings. The highest BCUT2D eigenvalue weighted by molar-refractivity contribution is 5.95. The van der Waals surface area contributed by atoms with Crippen LogP contribution in [-0.4, -0.2) is 23.8 Å². The predicted octanol–water partition coefficient (Wildman–Crippen LogP) is 3.38. The Labute approximate surface area is 201 Å². The Morgan fingerprint density at radius 3 is 2.74 bits per heavy atom. The predicted molar refractivity (Wildman–Crippen MR) is 127 cm³/mol. The number of carbonyl (C=O) groups excluding carboxylic acids is 2. The van der Waals surface area contributed by atoms with Gasteiger partial charge in [0.1, 0.15) is 12.6 Å². The maximum Gasteiger partial charge on any atom is 0.338 e. The van der Waals surface area contributed by atoms with Crippen molar-refractivity contribution in [3.8, 4) is 11.5 Å². The zero-order chi connectivity index (χ0) is 24.2. The van der Waals surface area contributed by atoms with Crippen molar-refractivity contribution in [3.63, 3.8) is 0 Å². The molecule has 3 heterocycles. The normalized spacial score (nSPS) is 16.5. The van der Waals surface area contributed by atoms with Gasteiger partial charge in [0.05, 0.1) is 11.3 Å². The average molecular weight is 473 g/mol. The molecule has 0 radical (unpaired) electrons. The first kappa shape index (κ1) is 22.3. The second kappa shape index (κ2) is 9.76. The summed E-state index contributed by atoms with van der Waals surface area (Å²) < 4.78 is 16.5. The van der Waals surface area contributed by atoms with Crippen molar-refractivity contribution < 1.29 is 23.8 Å². The van der Waals surface area contributed by atoms with Gasteiger partial charge in [0, 0.05) is 17.6 Å². The molecule has 9 heteroatoms. The number of fused-ring (bicyclic) bond motifs is 1. The molecule has 0 saturated carbocycles. The molecular weight excluding hydrogens is 448 g/mol. The van der Waals surface area contributed by atoms with E-state index in [9.17, 15) is 9.59 Å². The van der Waals surface area contributed by atoms with Crippen LogP contribution in [0.15, 0.2) is 78.1 Å². The number of hydrogen-bond donors (Lipinski definition) is 3. The molecule has 2 amide bonds. The first-order valence-corrected chi connectivity index (χ1v) is 11.2. The van der Waals surface area contributed by atoms with Crippen LogP contribution in [0.3, 0.4) is 0 Å². The molecule has 35 heavy (non-hydrogen) atoms. The maximum atomic E-state index is 13.4. The second-order valence-electron chi connectivity index (χ2n) is 8.19. The molecule has 2 aromatic carbocycles. The fourth-order valence-corrected chi connectivity index (χ4v) is 4.10. The van der Waals surface area contributed by atoms with Gasteiger partial charge < -0.3 is 30.6 Å². The number of ether oxygens (including phenoxy) is 3. The van der Waals surface area contributed by atoms with Crippen LogP contribution in [0.1, 0.15) is 29.3 Å². The van der Waals surface area contributed by atoms with Crippen LogP contribution in [0.4, 0.5) is 10.5 Å². The van der Waals surface area contributed by atoms with E-state index in [1.165, 1.54) is 0 Å². The number of rotatable bonds is 7. The summed E-state index contributed by atoms with van der Waals surface area (Å²) in [5, 5.41) is 5.61. The first-order chi connectivity index (χ1) is 17.1. The molecule has 4 N–H and O–H groups in total. The molecule has 5 rings (SSSR count). The van der Waals surface area contributed by atoms with E-state index in [1.54, 1.807) is 42.6 Å². The van der Waals surface area contributed by atoms with Crippen molar-refractivity contribution in [1.82, 2.24) is 15.6 Å². The number of aromatic nitrogens is 1. The van der Waals surface area contributed by atoms with Crippen LogP contribution in [0, 0.1) is 0 Å². The largest absolute Gasteiger partial charge is 0.457 e. The molecule has 178 valence electrons. The number of hydrogen-bond acceptors (Lipinski definition) is 7. The van der Waals surface area contributed by atoms with Crippen LogP contribution < -0.4 is 25.8 Å². The van der Waals surface area contributed by atoms with Gasteiger partial charge in [-0.05, 0) is 60.4 Å². The number of anilines is 1. The van der Waals surface area contributed by atoms with Gasteiger partial charge in [-0.25, -0.2) is 9.59 Å². The van der Waals surface area contributed by atoms with Gasteiger partial charge >= 0.3 is 12.0 Å². The summed E-state index contributed by atoms with van der Waals surface area (Å²) in [7, 11) is 0. The third-order valence-corrected chi connectivity index (χ3v) is 5.78. The molecule has 0 spiro atoms. The van der Waals surface area contributed by atoms with E-state index in [0.717, 1.165) is 11.1 Å². The topological polar surface area (TPSA) is 125 Å². The molecule has 1 aromatic heterocycles. The number of aryl methyl sites for hydroxylation is 1. The van der Waals surface area contributed by atoms with Crippen LogP contribution >= 0.6 is 0 Å². The van der Waals surface area contributed by atoms with E-state index in [4.69, 9.17) is 19.9 Å². The molecule has 0 aliphatic carbocycles. The number of nitrogen functional groups attached to an aromatic ring is 1. The van der Waals surface area contributed by atoms with E-state index in [0.29, 0.717) is 47.0 Å². The maximum absolute atomic E-state index is 13.4. The number of esters is 1. The van der Waals surface area contributed by atoms with Crippen LogP contribution in [0.2, 0.25) is 0 Å². The van der Waals surface area contributed by atoms with Crippen LogP contribution in [0.5, 0.6) is 11.5 Å². The third-order valence-electron chi connectivity index (χ3n) is 5.78. The number of benzene rings is 2. The molecule has 0 saturated heterocycles. The fraction of sp³-hybridized carbons (Fsp3) is 0.192. The van der Waals surface area contributed by atoms with Crippen molar-refractivity contribution in [2.24, 2.45) is 0 Å². The SMILES string of the molecule is Nc1cccc(COC(=O)C2=C(CCc3ccc4c(c3)OCO4)NC(=O)NC2c2ccccn2)c1. The molecule has 2 aliphatic rings. The Kier molecular flexibility index (Phi) is 6.21. The molecule has 9 nitrogen and oxygen atoms in total. The van der Waals surface area contributed by atoms with Crippen molar-refractivity contribution >= 4 is 17.7 Å². The van der Waals surface area contributed by atoms with Gasteiger partial charge in [0.2, 0.25) is 6.79 Å². The second-order valence-corrected chi connectivity index (χ2v) is 8.19. The molecule has 3 aromatic rings. The van der Waals surface area contributed by atoms with Gasteiger partial charge in [0.25, 0.3) is 0 Å². The lowest BCUT2D eigenvalue weighted by molar-refractivity contribution is -0.140. The summed E-state index contributed by atoms with van der Waals surface area (Å²) >= 11 is 0. The Hall–Kier alpha value is -4.53. The van der Waals surface area contributed by atoms with Crippen molar-refractivity contribution in [2.45, 2.75) is 25.5 Å². The zero-order valence-corrected chi connectivity index (χ0v) is 18.8.